The summed E-state index contributed by atoms with van der Waals surface area (Å²) < 4.78 is 0. The summed E-state index contributed by atoms with van der Waals surface area (Å²) in [5.74, 6) is 0. The number of nitrogen functional groups attached to an aromatic ring is 2. The van der Waals surface area contributed by atoms with Gasteiger partial charge in [0, 0.05) is 12.1 Å². The minimum atomic E-state index is -0.636. The summed E-state index contributed by atoms with van der Waals surface area (Å²) in [6, 6.07) is 7.86. The molecule has 0 saturated heterocycles. The van der Waals surface area contributed by atoms with E-state index in [1.54, 1.807) is 0 Å². The Morgan fingerprint density at radius 3 is 1.45 bits per heavy atom. The highest BCUT2D eigenvalue weighted by molar-refractivity contribution is 5.65. The van der Waals surface area contributed by atoms with Gasteiger partial charge in [0.1, 0.15) is 11.4 Å². The minimum Gasteiger partial charge on any atom is -0.393 e. The molecule has 10 nitrogen and oxygen atoms in total. The predicted octanol–water partition coefficient (Wildman–Crippen LogP) is 3.08. The van der Waals surface area contributed by atoms with Crippen molar-refractivity contribution in [2.75, 3.05) is 11.5 Å². The molecule has 2 aromatic carbocycles. The Bertz CT molecular complexity index is 724. The second-order valence-electron chi connectivity index (χ2n) is 4.20. The summed E-state index contributed by atoms with van der Waals surface area (Å²) in [4.78, 5) is 20.3. The van der Waals surface area contributed by atoms with Gasteiger partial charge in [0.2, 0.25) is 0 Å². The van der Waals surface area contributed by atoms with E-state index in [0.717, 1.165) is 12.1 Å². The standard InChI is InChI=1S/C12H10N6O4/c13-9-3-1-7(5-11(9)17(19)20)15-16-8-2-4-10(14)12(6-8)18(21)22/h1-6H,13-14H2. The second kappa shape index (κ2) is 5.83. The van der Waals surface area contributed by atoms with E-state index >= 15 is 0 Å². The predicted molar refractivity (Wildman–Crippen MR) is 79.2 cm³/mol. The van der Waals surface area contributed by atoms with Crippen molar-refractivity contribution >= 4 is 34.1 Å². The molecule has 0 aromatic heterocycles. The molecule has 4 N–H and O–H groups in total. The highest BCUT2D eigenvalue weighted by Gasteiger charge is 2.13. The van der Waals surface area contributed by atoms with Gasteiger partial charge in [-0.3, -0.25) is 20.2 Å². The van der Waals surface area contributed by atoms with Crippen molar-refractivity contribution in [3.05, 3.63) is 56.6 Å². The molecule has 10 heteroatoms. The fraction of sp³-hybridized carbons (Fsp3) is 0. The third-order valence-electron chi connectivity index (χ3n) is 2.70. The Balaban J connectivity index is 2.33. The molecule has 0 unspecified atom stereocenters. The summed E-state index contributed by atoms with van der Waals surface area (Å²) in [6.45, 7) is 0. The number of nitro benzene ring substituents is 2. The van der Waals surface area contributed by atoms with Gasteiger partial charge in [-0.15, -0.1) is 0 Å². The van der Waals surface area contributed by atoms with Crippen LogP contribution in [0.3, 0.4) is 0 Å². The van der Waals surface area contributed by atoms with E-state index < -0.39 is 9.85 Å². The van der Waals surface area contributed by atoms with Gasteiger partial charge >= 0.3 is 0 Å². The molecule has 0 saturated carbocycles. The van der Waals surface area contributed by atoms with Gasteiger partial charge in [-0.05, 0) is 24.3 Å². The number of nitro groups is 2. The number of rotatable bonds is 4. The van der Waals surface area contributed by atoms with Gasteiger partial charge in [-0.2, -0.15) is 10.2 Å². The van der Waals surface area contributed by atoms with Crippen LogP contribution in [0.25, 0.3) is 0 Å². The number of nitrogens with two attached hydrogens (primary N) is 2. The van der Waals surface area contributed by atoms with Crippen molar-refractivity contribution < 1.29 is 9.85 Å². The fourth-order valence-electron chi connectivity index (χ4n) is 1.62. The monoisotopic (exact) mass is 302 g/mol. The molecule has 0 radical (unpaired) electrons. The van der Waals surface area contributed by atoms with Crippen LogP contribution in [-0.4, -0.2) is 9.85 Å². The zero-order chi connectivity index (χ0) is 16.3. The first kappa shape index (κ1) is 14.8. The van der Waals surface area contributed by atoms with E-state index in [2.05, 4.69) is 10.2 Å². The van der Waals surface area contributed by atoms with Crippen LogP contribution in [0, 0.1) is 20.2 Å². The van der Waals surface area contributed by atoms with Crippen molar-refractivity contribution in [1.29, 1.82) is 0 Å². The first-order valence-electron chi connectivity index (χ1n) is 5.88. The lowest BCUT2D eigenvalue weighted by molar-refractivity contribution is -0.384. The van der Waals surface area contributed by atoms with E-state index in [4.69, 9.17) is 11.5 Å². The summed E-state index contributed by atoms with van der Waals surface area (Å²) in [5.41, 5.74) is 10.7. The molecule has 0 atom stereocenters. The van der Waals surface area contributed by atoms with Crippen molar-refractivity contribution in [3.63, 3.8) is 0 Å². The third-order valence-corrected chi connectivity index (χ3v) is 2.70. The zero-order valence-corrected chi connectivity index (χ0v) is 11.0. The lowest BCUT2D eigenvalue weighted by Gasteiger charge is -1.99. The largest absolute Gasteiger partial charge is 0.393 e. The van der Waals surface area contributed by atoms with Gasteiger partial charge in [0.25, 0.3) is 11.4 Å². The number of nitrogens with zero attached hydrogens (tertiary/aromatic N) is 4. The molecular weight excluding hydrogens is 292 g/mol. The number of benzene rings is 2. The van der Waals surface area contributed by atoms with Crippen molar-refractivity contribution in [3.8, 4) is 0 Å². The molecule has 2 aromatic rings. The summed E-state index contributed by atoms with van der Waals surface area (Å²) in [7, 11) is 0. The van der Waals surface area contributed by atoms with Gasteiger partial charge < -0.3 is 11.5 Å². The molecular formula is C12H10N6O4. The number of hydrogen-bond donors (Lipinski definition) is 2. The van der Waals surface area contributed by atoms with E-state index in [1.807, 2.05) is 0 Å². The average molecular weight is 302 g/mol. The van der Waals surface area contributed by atoms with Crippen molar-refractivity contribution in [2.45, 2.75) is 0 Å². The second-order valence-corrected chi connectivity index (χ2v) is 4.20. The SMILES string of the molecule is Nc1ccc(N=Nc2ccc(N)c([N+](=O)[O-])c2)cc1[N+](=O)[O-]. The molecule has 0 bridgehead atoms. The van der Waals surface area contributed by atoms with Crippen molar-refractivity contribution in [2.24, 2.45) is 10.2 Å². The summed E-state index contributed by atoms with van der Waals surface area (Å²) >= 11 is 0. The van der Waals surface area contributed by atoms with Crippen LogP contribution in [-0.2, 0) is 0 Å². The van der Waals surface area contributed by atoms with Gasteiger partial charge in [-0.25, -0.2) is 0 Å². The maximum absolute atomic E-state index is 10.8. The Morgan fingerprint density at radius 1 is 0.773 bits per heavy atom. The molecule has 22 heavy (non-hydrogen) atoms. The molecule has 2 rings (SSSR count). The molecule has 0 heterocycles. The quantitative estimate of drug-likeness (QED) is 0.381. The highest BCUT2D eigenvalue weighted by Crippen LogP contribution is 2.30. The average Bonchev–Trinajstić information content (AvgIpc) is 2.47. The van der Waals surface area contributed by atoms with Crippen LogP contribution < -0.4 is 11.5 Å². The van der Waals surface area contributed by atoms with Crippen LogP contribution in [0.15, 0.2) is 46.6 Å². The van der Waals surface area contributed by atoms with Crippen LogP contribution in [0.4, 0.5) is 34.1 Å². The van der Waals surface area contributed by atoms with Gasteiger partial charge in [-0.1, -0.05) is 0 Å². The first-order valence-corrected chi connectivity index (χ1v) is 5.88. The highest BCUT2D eigenvalue weighted by atomic mass is 16.6. The molecule has 0 spiro atoms. The first-order chi connectivity index (χ1) is 10.4. The third kappa shape index (κ3) is 3.12. The Kier molecular flexibility index (Phi) is 3.93. The van der Waals surface area contributed by atoms with E-state index in [0.29, 0.717) is 0 Å². The maximum Gasteiger partial charge on any atom is 0.294 e. The normalized spacial score (nSPS) is 10.7. The fourth-order valence-corrected chi connectivity index (χ4v) is 1.62. The molecule has 0 fully saturated rings. The summed E-state index contributed by atoms with van der Waals surface area (Å²) in [5, 5.41) is 29.1. The van der Waals surface area contributed by atoms with E-state index in [1.165, 1.54) is 24.3 Å². The van der Waals surface area contributed by atoms with Crippen molar-refractivity contribution in [1.82, 2.24) is 0 Å². The Morgan fingerprint density at radius 2 is 1.14 bits per heavy atom. The Hall–Kier alpha value is -3.56. The number of azo groups is 1. The topological polar surface area (TPSA) is 163 Å². The van der Waals surface area contributed by atoms with Gasteiger partial charge in [0.05, 0.1) is 21.2 Å². The molecule has 0 aliphatic rings. The zero-order valence-electron chi connectivity index (χ0n) is 11.0. The van der Waals surface area contributed by atoms with E-state index in [9.17, 15) is 20.2 Å². The number of hydrogen-bond acceptors (Lipinski definition) is 8. The van der Waals surface area contributed by atoms with Crippen LogP contribution >= 0.6 is 0 Å². The molecule has 0 amide bonds. The lowest BCUT2D eigenvalue weighted by Crippen LogP contribution is -1.94. The van der Waals surface area contributed by atoms with Crippen LogP contribution in [0.2, 0.25) is 0 Å². The van der Waals surface area contributed by atoms with Crippen LogP contribution in [0.5, 0.6) is 0 Å². The van der Waals surface area contributed by atoms with E-state index in [-0.39, 0.29) is 34.1 Å². The van der Waals surface area contributed by atoms with Crippen LogP contribution in [0.1, 0.15) is 0 Å². The minimum absolute atomic E-state index is 0.00655. The Labute approximate surface area is 123 Å². The summed E-state index contributed by atoms with van der Waals surface area (Å²) in [6.07, 6.45) is 0. The molecule has 112 valence electrons. The molecule has 0 aliphatic carbocycles. The maximum atomic E-state index is 10.8. The lowest BCUT2D eigenvalue weighted by atomic mass is 10.2. The smallest absolute Gasteiger partial charge is 0.294 e. The molecule has 0 aliphatic heterocycles. The van der Waals surface area contributed by atoms with Gasteiger partial charge in [0.15, 0.2) is 0 Å². The number of anilines is 2.